The number of rotatable bonds is 6. The van der Waals surface area contributed by atoms with Crippen molar-refractivity contribution in [2.75, 3.05) is 51.1 Å². The van der Waals surface area contributed by atoms with Crippen LogP contribution in [-0.4, -0.2) is 118 Å². The lowest BCUT2D eigenvalue weighted by Gasteiger charge is -2.39. The first-order valence-electron chi connectivity index (χ1n) is 16.1. The van der Waals surface area contributed by atoms with Crippen molar-refractivity contribution in [1.29, 1.82) is 0 Å². The summed E-state index contributed by atoms with van der Waals surface area (Å²) in [5.41, 5.74) is 2.69. The molecule has 0 aromatic heterocycles. The predicted octanol–water partition coefficient (Wildman–Crippen LogP) is 4.58. The number of phenolic OH excluding ortho intramolecular Hbond substituents is 1. The number of carbonyl (C=O) groups is 3. The summed E-state index contributed by atoms with van der Waals surface area (Å²) in [5, 5.41) is 23.2. The molecule has 3 N–H and O–H groups in total. The monoisotopic (exact) mass is 761 g/mol. The van der Waals surface area contributed by atoms with Crippen molar-refractivity contribution in [3.63, 3.8) is 0 Å². The van der Waals surface area contributed by atoms with E-state index in [1.165, 1.54) is 0 Å². The number of nitrogens with zero attached hydrogens (tertiary/aromatic N) is 4. The van der Waals surface area contributed by atoms with Gasteiger partial charge in [0.2, 0.25) is 0 Å². The van der Waals surface area contributed by atoms with Gasteiger partial charge < -0.3 is 35.0 Å². The minimum Gasteiger partial charge on any atom is -0.506 e. The second-order valence-corrected chi connectivity index (χ2v) is 14.4. The molecule has 4 amide bonds. The van der Waals surface area contributed by atoms with Gasteiger partial charge in [0, 0.05) is 70.0 Å². The van der Waals surface area contributed by atoms with Gasteiger partial charge in [0.25, 0.3) is 5.91 Å². The predicted molar refractivity (Wildman–Crippen MR) is 180 cm³/mol. The third-order valence-electron chi connectivity index (χ3n) is 9.81. The van der Waals surface area contributed by atoms with Crippen LogP contribution in [0.4, 0.5) is 15.3 Å². The summed E-state index contributed by atoms with van der Waals surface area (Å²) in [4.78, 5) is 48.1. The molecule has 2 aromatic rings. The number of hydrogen-bond acceptors (Lipinski definition) is 7. The number of para-hydroxylation sites is 1. The average Bonchev–Trinajstić information content (AvgIpc) is 3.42. The Bertz CT molecular complexity index is 1420. The number of aromatic hydroxyl groups is 1. The zero-order valence-electron chi connectivity index (χ0n) is 25.7. The topological polar surface area (TPSA) is 126 Å². The summed E-state index contributed by atoms with van der Waals surface area (Å²) in [5.74, 6) is -0.174. The number of piperidine rings is 2. The molecule has 0 spiro atoms. The molecule has 2 atom stereocenters. The maximum absolute atomic E-state index is 13.9. The number of halogens is 2. The minimum absolute atomic E-state index is 0.000466. The number of phenols is 1. The average molecular weight is 764 g/mol. The molecule has 0 unspecified atom stereocenters. The maximum atomic E-state index is 13.9. The van der Waals surface area contributed by atoms with Crippen LogP contribution in [0, 0.1) is 0 Å². The number of fused-ring (bicyclic) bond motifs is 1. The van der Waals surface area contributed by atoms with E-state index in [0.717, 1.165) is 49.0 Å². The number of benzene rings is 2. The highest BCUT2D eigenvalue weighted by molar-refractivity contribution is 9.11. The molecule has 6 rings (SSSR count). The van der Waals surface area contributed by atoms with Crippen molar-refractivity contribution < 1.29 is 29.3 Å². The van der Waals surface area contributed by atoms with E-state index in [-0.39, 0.29) is 36.3 Å². The van der Waals surface area contributed by atoms with Crippen molar-refractivity contribution >= 4 is 55.6 Å². The number of urea groups is 1. The van der Waals surface area contributed by atoms with Crippen molar-refractivity contribution in [2.24, 2.45) is 0 Å². The summed E-state index contributed by atoms with van der Waals surface area (Å²) >= 11 is 6.73. The summed E-state index contributed by atoms with van der Waals surface area (Å²) in [6, 6.07) is 11.5. The van der Waals surface area contributed by atoms with E-state index < -0.39 is 12.2 Å². The highest BCUT2D eigenvalue weighted by atomic mass is 79.9. The Hall–Kier alpha value is -2.87. The van der Waals surface area contributed by atoms with Gasteiger partial charge >= 0.3 is 12.1 Å². The van der Waals surface area contributed by atoms with Crippen LogP contribution in [0.15, 0.2) is 45.3 Å². The number of ether oxygens (including phenoxy) is 1. The van der Waals surface area contributed by atoms with Crippen molar-refractivity contribution in [2.45, 2.75) is 69.2 Å². The molecular formula is C33H41Br2N5O6. The fourth-order valence-corrected chi connectivity index (χ4v) is 8.46. The van der Waals surface area contributed by atoms with E-state index >= 15 is 0 Å². The second kappa shape index (κ2) is 14.5. The summed E-state index contributed by atoms with van der Waals surface area (Å²) < 4.78 is 6.95. The van der Waals surface area contributed by atoms with Gasteiger partial charge in [-0.25, -0.2) is 9.59 Å². The van der Waals surface area contributed by atoms with Gasteiger partial charge in [0.05, 0.1) is 15.0 Å². The third kappa shape index (κ3) is 7.48. The Labute approximate surface area is 286 Å². The Balaban J connectivity index is 1.09. The van der Waals surface area contributed by atoms with Crippen molar-refractivity contribution in [1.82, 2.24) is 19.6 Å². The van der Waals surface area contributed by atoms with E-state index in [9.17, 15) is 24.6 Å². The van der Waals surface area contributed by atoms with Crippen LogP contribution >= 0.6 is 31.9 Å². The molecule has 0 aliphatic carbocycles. The number of nitrogens with one attached hydrogen (secondary N) is 1. The molecule has 3 fully saturated rings. The van der Waals surface area contributed by atoms with Crippen LogP contribution in [0.3, 0.4) is 0 Å². The first-order chi connectivity index (χ1) is 22.2. The molecule has 0 saturated carbocycles. The smallest absolute Gasteiger partial charge is 0.410 e. The van der Waals surface area contributed by atoms with Gasteiger partial charge in [0.1, 0.15) is 5.75 Å². The highest BCUT2D eigenvalue weighted by Gasteiger charge is 2.37. The fourth-order valence-electron chi connectivity index (χ4n) is 7.18. The first kappa shape index (κ1) is 33.0. The highest BCUT2D eigenvalue weighted by Crippen LogP contribution is 2.34. The lowest BCUT2D eigenvalue weighted by atomic mass is 10.0. The fraction of sp³-hybridized carbons (Fsp3) is 0.545. The molecule has 4 heterocycles. The zero-order valence-corrected chi connectivity index (χ0v) is 28.9. The van der Waals surface area contributed by atoms with Crippen molar-refractivity contribution in [3.8, 4) is 5.75 Å². The van der Waals surface area contributed by atoms with Gasteiger partial charge in [0.15, 0.2) is 6.10 Å². The number of aliphatic hydroxyl groups is 1. The molecule has 4 aliphatic heterocycles. The summed E-state index contributed by atoms with van der Waals surface area (Å²) in [7, 11) is 0. The molecule has 11 nitrogen and oxygen atoms in total. The molecule has 13 heteroatoms. The Morgan fingerprint density at radius 1 is 0.913 bits per heavy atom. The maximum Gasteiger partial charge on any atom is 0.410 e. The van der Waals surface area contributed by atoms with E-state index in [4.69, 9.17) is 4.74 Å². The van der Waals surface area contributed by atoms with Crippen molar-refractivity contribution in [3.05, 3.63) is 56.5 Å². The molecule has 0 radical (unpaired) electrons. The van der Waals surface area contributed by atoms with Crippen LogP contribution in [0.5, 0.6) is 5.75 Å². The summed E-state index contributed by atoms with van der Waals surface area (Å²) in [6.45, 7) is 4.12. The Morgan fingerprint density at radius 3 is 2.24 bits per heavy atom. The van der Waals surface area contributed by atoms with Crippen LogP contribution < -0.4 is 5.32 Å². The second-order valence-electron chi connectivity index (χ2n) is 12.7. The molecule has 2 aromatic carbocycles. The van der Waals surface area contributed by atoms with Gasteiger partial charge in [-0.05, 0) is 99.7 Å². The zero-order chi connectivity index (χ0) is 32.4. The van der Waals surface area contributed by atoms with Gasteiger partial charge in [-0.3, -0.25) is 9.69 Å². The normalized spacial score (nSPS) is 22.3. The standard InChI is InChI=1S/C33H41Br2N5O6/c34-26-17-21(18-27(35)30(26)42)19-29(31(43)37-11-6-23(7-12-37)39-15-10-25(41)20-39)46-33(45)38-13-8-24(9-14-38)40-16-5-22-3-1-2-4-28(22)36-32(40)44/h1-4,17-18,23-25,29,41-42H,5-16,19-20H2,(H,36,44)/t25-,29+/m0/s1. The van der Waals surface area contributed by atoms with E-state index in [1.807, 2.05) is 29.2 Å². The van der Waals surface area contributed by atoms with E-state index in [0.29, 0.717) is 67.1 Å². The Kier molecular flexibility index (Phi) is 10.4. The quantitative estimate of drug-likeness (QED) is 0.394. The molecule has 4 aliphatic rings. The lowest BCUT2D eigenvalue weighted by molar-refractivity contribution is -0.142. The van der Waals surface area contributed by atoms with Crippen LogP contribution in [0.25, 0.3) is 0 Å². The lowest BCUT2D eigenvalue weighted by Crippen LogP contribution is -2.52. The molecular weight excluding hydrogens is 722 g/mol. The number of hydrogen-bond donors (Lipinski definition) is 3. The van der Waals surface area contributed by atoms with Gasteiger partial charge in [-0.1, -0.05) is 18.2 Å². The summed E-state index contributed by atoms with van der Waals surface area (Å²) in [6.07, 6.45) is 2.70. The number of aliphatic hydroxyl groups excluding tert-OH is 1. The largest absolute Gasteiger partial charge is 0.506 e. The van der Waals surface area contributed by atoms with Crippen LogP contribution in [0.2, 0.25) is 0 Å². The SMILES string of the molecule is O=C(O[C@H](Cc1cc(Br)c(O)c(Br)c1)C(=O)N1CCC(N2CC[C@H](O)C2)CC1)N1CCC(N2CCc3ccccc3NC2=O)CC1. The van der Waals surface area contributed by atoms with E-state index in [1.54, 1.807) is 21.9 Å². The first-order valence-corrected chi connectivity index (χ1v) is 17.7. The molecule has 248 valence electrons. The third-order valence-corrected chi connectivity index (χ3v) is 11.0. The number of anilines is 1. The van der Waals surface area contributed by atoms with E-state index in [2.05, 4.69) is 42.1 Å². The number of amides is 4. The molecule has 0 bridgehead atoms. The number of likely N-dealkylation sites (tertiary alicyclic amines) is 3. The minimum atomic E-state index is -1.03. The van der Waals surface area contributed by atoms with Gasteiger partial charge in [-0.2, -0.15) is 0 Å². The number of β-amino-alcohol motifs (C(OH)–C–C–N with tert-alkyl or cyclic N) is 1. The van der Waals surface area contributed by atoms with Crippen LogP contribution in [0.1, 0.15) is 43.2 Å². The van der Waals surface area contributed by atoms with Gasteiger partial charge in [-0.15, -0.1) is 0 Å². The van der Waals surface area contributed by atoms with Crippen LogP contribution in [-0.2, 0) is 22.4 Å². The Morgan fingerprint density at radius 2 is 1.57 bits per heavy atom. The number of carbonyl (C=O) groups excluding carboxylic acids is 3. The molecule has 3 saturated heterocycles. The molecule has 46 heavy (non-hydrogen) atoms.